The van der Waals surface area contributed by atoms with E-state index in [2.05, 4.69) is 0 Å². The van der Waals surface area contributed by atoms with E-state index in [0.29, 0.717) is 6.42 Å². The molecule has 1 rings (SSSR count). The Morgan fingerprint density at radius 1 is 1.35 bits per heavy atom. The maximum atomic E-state index is 10.6. The van der Waals surface area contributed by atoms with Gasteiger partial charge in [0.25, 0.3) is 0 Å². The first-order valence-corrected chi connectivity index (χ1v) is 5.61. The van der Waals surface area contributed by atoms with Crippen LogP contribution in [-0.2, 0) is 11.2 Å². The van der Waals surface area contributed by atoms with Crippen molar-refractivity contribution >= 4 is 5.97 Å². The molecule has 1 aromatic rings. The Hall–Kier alpha value is -1.39. The quantitative estimate of drug-likeness (QED) is 0.772. The highest BCUT2D eigenvalue weighted by atomic mass is 16.4. The minimum Gasteiger partial charge on any atom is -0.480 e. The summed E-state index contributed by atoms with van der Waals surface area (Å²) in [5.74, 6) is -0.880. The Bertz CT molecular complexity index is 361. The third-order valence-corrected chi connectivity index (χ3v) is 2.81. The van der Waals surface area contributed by atoms with Crippen LogP contribution >= 0.6 is 0 Å². The zero-order valence-corrected chi connectivity index (χ0v) is 10.3. The molecule has 0 fully saturated rings. The fourth-order valence-corrected chi connectivity index (χ4v) is 1.70. The van der Waals surface area contributed by atoms with Crippen molar-refractivity contribution in [3.8, 4) is 0 Å². The van der Waals surface area contributed by atoms with Crippen LogP contribution in [0.1, 0.15) is 11.1 Å². The summed E-state index contributed by atoms with van der Waals surface area (Å²) in [6, 6.07) is 7.88. The van der Waals surface area contributed by atoms with E-state index >= 15 is 0 Å². The number of carboxylic acids is 1. The number of aryl methyl sites for hydroxylation is 1. The predicted molar refractivity (Wildman–Crippen MR) is 66.0 cm³/mol. The van der Waals surface area contributed by atoms with Crippen LogP contribution < -0.4 is 0 Å². The Balaban J connectivity index is 2.62. The highest BCUT2D eigenvalue weighted by Crippen LogP contribution is 2.09. The van der Waals surface area contributed by atoms with Crippen LogP contribution in [0.2, 0.25) is 0 Å². The highest BCUT2D eigenvalue weighted by Gasteiger charge is 2.16. The van der Waals surface area contributed by atoms with Crippen molar-refractivity contribution in [2.75, 3.05) is 20.2 Å². The first kappa shape index (κ1) is 13.7. The number of carboxylic acid groups (broad SMARTS) is 1. The smallest absolute Gasteiger partial charge is 0.317 e. The molecule has 4 nitrogen and oxygen atoms in total. The molecule has 0 saturated carbocycles. The molecule has 0 spiro atoms. The minimum atomic E-state index is -0.880. The summed E-state index contributed by atoms with van der Waals surface area (Å²) in [4.78, 5) is 12.3. The lowest BCUT2D eigenvalue weighted by Crippen LogP contribution is -2.39. The van der Waals surface area contributed by atoms with Gasteiger partial charge in [-0.2, -0.15) is 0 Å². The third-order valence-electron chi connectivity index (χ3n) is 2.81. The Morgan fingerprint density at radius 3 is 2.41 bits per heavy atom. The van der Waals surface area contributed by atoms with Gasteiger partial charge < -0.3 is 10.2 Å². The van der Waals surface area contributed by atoms with Crippen LogP contribution in [-0.4, -0.2) is 47.3 Å². The van der Waals surface area contributed by atoms with E-state index in [1.165, 1.54) is 5.56 Å². The Labute approximate surface area is 101 Å². The van der Waals surface area contributed by atoms with Crippen LogP contribution in [0.25, 0.3) is 0 Å². The molecular weight excluding hydrogens is 218 g/mol. The number of aliphatic hydroxyl groups is 1. The number of hydrogen-bond acceptors (Lipinski definition) is 3. The first-order valence-electron chi connectivity index (χ1n) is 5.61. The second-order valence-electron chi connectivity index (χ2n) is 4.33. The molecule has 0 radical (unpaired) electrons. The molecule has 0 amide bonds. The molecule has 4 heteroatoms. The standard InChI is InChI=1S/C13H19NO3/c1-10-3-5-11(6-4-10)7-12(9-15)14(2)8-13(16)17/h3-6,12,15H,7-9H2,1-2H3,(H,16,17)/t12-/m0/s1. The Morgan fingerprint density at radius 2 is 1.94 bits per heavy atom. The number of aliphatic carboxylic acids is 1. The van der Waals surface area contributed by atoms with Gasteiger partial charge >= 0.3 is 5.97 Å². The predicted octanol–water partition coefficient (Wildman–Crippen LogP) is 0.915. The van der Waals surface area contributed by atoms with Gasteiger partial charge in [-0.25, -0.2) is 0 Å². The lowest BCUT2D eigenvalue weighted by Gasteiger charge is -2.24. The molecule has 0 bridgehead atoms. The fourth-order valence-electron chi connectivity index (χ4n) is 1.70. The molecule has 0 aliphatic carbocycles. The minimum absolute atomic E-state index is 0.0440. The van der Waals surface area contributed by atoms with Crippen molar-refractivity contribution in [3.63, 3.8) is 0 Å². The average Bonchev–Trinajstić information content (AvgIpc) is 2.27. The van der Waals surface area contributed by atoms with Crippen molar-refractivity contribution in [2.24, 2.45) is 0 Å². The molecule has 0 aromatic heterocycles. The van der Waals surface area contributed by atoms with E-state index in [4.69, 9.17) is 5.11 Å². The summed E-state index contributed by atoms with van der Waals surface area (Å²) in [5, 5.41) is 18.0. The van der Waals surface area contributed by atoms with Crippen LogP contribution in [0.15, 0.2) is 24.3 Å². The maximum Gasteiger partial charge on any atom is 0.317 e. The van der Waals surface area contributed by atoms with Gasteiger partial charge in [0.05, 0.1) is 13.2 Å². The van der Waals surface area contributed by atoms with E-state index in [1.807, 2.05) is 31.2 Å². The lowest BCUT2D eigenvalue weighted by atomic mass is 10.0. The van der Waals surface area contributed by atoms with Crippen LogP contribution in [0.5, 0.6) is 0 Å². The Kier molecular flexibility index (Phi) is 5.12. The number of nitrogens with zero attached hydrogens (tertiary/aromatic N) is 1. The van der Waals surface area contributed by atoms with Crippen LogP contribution in [0, 0.1) is 6.92 Å². The normalized spacial score (nSPS) is 12.7. The van der Waals surface area contributed by atoms with Gasteiger partial charge in [0.15, 0.2) is 0 Å². The lowest BCUT2D eigenvalue weighted by molar-refractivity contribution is -0.138. The number of aliphatic hydroxyl groups excluding tert-OH is 1. The van der Waals surface area contributed by atoms with Gasteiger partial charge in [0, 0.05) is 6.04 Å². The number of benzene rings is 1. The van der Waals surface area contributed by atoms with Crippen molar-refractivity contribution in [1.82, 2.24) is 4.90 Å². The van der Waals surface area contributed by atoms with Gasteiger partial charge in [-0.3, -0.25) is 9.69 Å². The van der Waals surface area contributed by atoms with Gasteiger partial charge in [0.1, 0.15) is 0 Å². The molecule has 0 unspecified atom stereocenters. The second-order valence-corrected chi connectivity index (χ2v) is 4.33. The average molecular weight is 237 g/mol. The fraction of sp³-hybridized carbons (Fsp3) is 0.462. The van der Waals surface area contributed by atoms with E-state index < -0.39 is 5.97 Å². The molecule has 94 valence electrons. The molecule has 1 aromatic carbocycles. The summed E-state index contributed by atoms with van der Waals surface area (Å²) in [7, 11) is 1.71. The topological polar surface area (TPSA) is 60.8 Å². The maximum absolute atomic E-state index is 10.6. The van der Waals surface area contributed by atoms with Gasteiger partial charge in [-0.1, -0.05) is 29.8 Å². The van der Waals surface area contributed by atoms with Gasteiger partial charge in [0.2, 0.25) is 0 Å². The van der Waals surface area contributed by atoms with Crippen molar-refractivity contribution in [1.29, 1.82) is 0 Å². The van der Waals surface area contributed by atoms with E-state index in [9.17, 15) is 9.90 Å². The summed E-state index contributed by atoms with van der Waals surface area (Å²) < 4.78 is 0. The zero-order valence-electron chi connectivity index (χ0n) is 10.3. The molecule has 17 heavy (non-hydrogen) atoms. The largest absolute Gasteiger partial charge is 0.480 e. The van der Waals surface area contributed by atoms with Crippen LogP contribution in [0.3, 0.4) is 0 Å². The van der Waals surface area contributed by atoms with E-state index in [1.54, 1.807) is 11.9 Å². The van der Waals surface area contributed by atoms with Crippen molar-refractivity contribution in [2.45, 2.75) is 19.4 Å². The summed E-state index contributed by atoms with van der Waals surface area (Å²) in [5.41, 5.74) is 2.29. The summed E-state index contributed by atoms with van der Waals surface area (Å²) >= 11 is 0. The molecule has 2 N–H and O–H groups in total. The van der Waals surface area contributed by atoms with E-state index in [-0.39, 0.29) is 19.2 Å². The summed E-state index contributed by atoms with van der Waals surface area (Å²) in [6.07, 6.45) is 0.653. The molecule has 0 aliphatic heterocycles. The first-order chi connectivity index (χ1) is 8.02. The van der Waals surface area contributed by atoms with Gasteiger partial charge in [-0.15, -0.1) is 0 Å². The number of likely N-dealkylation sites (N-methyl/N-ethyl adjacent to an activating group) is 1. The monoisotopic (exact) mass is 237 g/mol. The highest BCUT2D eigenvalue weighted by molar-refractivity contribution is 5.69. The van der Waals surface area contributed by atoms with E-state index in [0.717, 1.165) is 5.56 Å². The van der Waals surface area contributed by atoms with Gasteiger partial charge in [-0.05, 0) is 26.0 Å². The number of carbonyl (C=O) groups is 1. The summed E-state index contributed by atoms with van der Waals surface area (Å²) in [6.45, 7) is 1.92. The number of rotatable bonds is 6. The molecule has 1 atom stereocenters. The molecule has 0 saturated heterocycles. The molecule has 0 aliphatic rings. The molecular formula is C13H19NO3. The SMILES string of the molecule is Cc1ccc(C[C@@H](CO)N(C)CC(=O)O)cc1. The number of hydrogen-bond donors (Lipinski definition) is 2. The van der Waals surface area contributed by atoms with Crippen molar-refractivity contribution in [3.05, 3.63) is 35.4 Å². The second kappa shape index (κ2) is 6.37. The van der Waals surface area contributed by atoms with Crippen molar-refractivity contribution < 1.29 is 15.0 Å². The third kappa shape index (κ3) is 4.54. The van der Waals surface area contributed by atoms with Crippen LogP contribution in [0.4, 0.5) is 0 Å². The zero-order chi connectivity index (χ0) is 12.8. The molecule has 0 heterocycles.